The molecule has 2 N–H and O–H groups in total. The largest absolute Gasteiger partial charge is 0.445 e. The number of nitrogens with one attached hydrogen (secondary N) is 1. The van der Waals surface area contributed by atoms with Gasteiger partial charge in [0.25, 0.3) is 0 Å². The van der Waals surface area contributed by atoms with E-state index in [9.17, 15) is 9.90 Å². The molecule has 5 nitrogen and oxygen atoms in total. The molecule has 124 valence electrons. The first-order valence-electron chi connectivity index (χ1n) is 7.35. The highest BCUT2D eigenvalue weighted by Crippen LogP contribution is 2.37. The zero-order valence-corrected chi connectivity index (χ0v) is 15.2. The second-order valence-electron chi connectivity index (χ2n) is 6.79. The van der Waals surface area contributed by atoms with Crippen LogP contribution in [0.1, 0.15) is 27.7 Å². The van der Waals surface area contributed by atoms with Gasteiger partial charge in [-0.1, -0.05) is 33.4 Å². The molecule has 0 spiro atoms. The molecule has 21 heavy (non-hydrogen) atoms. The van der Waals surface area contributed by atoms with Crippen molar-refractivity contribution in [2.75, 3.05) is 19.8 Å². The number of hydrogen-bond acceptors (Lipinski definition) is 4. The van der Waals surface area contributed by atoms with Crippen molar-refractivity contribution in [3.63, 3.8) is 0 Å². The second kappa shape index (κ2) is 8.56. The Morgan fingerprint density at radius 3 is 2.43 bits per heavy atom. The summed E-state index contributed by atoms with van der Waals surface area (Å²) in [5, 5.41) is 12.3. The van der Waals surface area contributed by atoms with Gasteiger partial charge in [-0.05, 0) is 25.1 Å². The summed E-state index contributed by atoms with van der Waals surface area (Å²) in [5.74, 6) is -0.157. The molecule has 0 saturated heterocycles. The fraction of sp³-hybridized carbons (Fsp3) is 0.800. The minimum absolute atomic E-state index is 0.0441. The van der Waals surface area contributed by atoms with Crippen LogP contribution in [-0.4, -0.2) is 45.4 Å². The molecule has 0 aromatic heterocycles. The number of rotatable bonds is 8. The van der Waals surface area contributed by atoms with E-state index in [1.165, 1.54) is 6.08 Å². The molecule has 0 aliphatic carbocycles. The van der Waals surface area contributed by atoms with Crippen LogP contribution in [0.5, 0.6) is 0 Å². The molecule has 0 aliphatic heterocycles. The van der Waals surface area contributed by atoms with Crippen LogP contribution >= 0.6 is 0 Å². The molecule has 0 heterocycles. The number of hydrogen-bond donors (Lipinski definition) is 2. The summed E-state index contributed by atoms with van der Waals surface area (Å²) >= 11 is 0. The number of alkyl carbamates (subject to hydrolysis) is 1. The smallest absolute Gasteiger partial charge is 0.407 e. The second-order valence-corrected chi connectivity index (χ2v) is 11.6. The molecule has 2 atom stereocenters. The quantitative estimate of drug-likeness (QED) is 0.533. The highest BCUT2D eigenvalue weighted by atomic mass is 28.4. The third-order valence-corrected chi connectivity index (χ3v) is 8.60. The number of carbonyl (C=O) groups is 1. The molecule has 0 rings (SSSR count). The van der Waals surface area contributed by atoms with Crippen molar-refractivity contribution in [3.05, 3.63) is 12.7 Å². The lowest BCUT2D eigenvalue weighted by Crippen LogP contribution is -2.47. The van der Waals surface area contributed by atoms with Crippen molar-refractivity contribution in [2.24, 2.45) is 5.92 Å². The fourth-order valence-corrected chi connectivity index (χ4v) is 2.99. The Morgan fingerprint density at radius 2 is 2.00 bits per heavy atom. The Bertz CT molecular complexity index is 339. The lowest BCUT2D eigenvalue weighted by atomic mass is 10.1. The molecule has 2 unspecified atom stereocenters. The molecule has 0 aromatic carbocycles. The van der Waals surface area contributed by atoms with Crippen molar-refractivity contribution in [1.29, 1.82) is 0 Å². The van der Waals surface area contributed by atoms with E-state index in [-0.39, 0.29) is 30.3 Å². The van der Waals surface area contributed by atoms with E-state index in [1.54, 1.807) is 0 Å². The van der Waals surface area contributed by atoms with E-state index in [4.69, 9.17) is 9.16 Å². The van der Waals surface area contributed by atoms with Gasteiger partial charge in [-0.3, -0.25) is 0 Å². The average molecular weight is 318 g/mol. The normalized spacial score (nSPS) is 15.2. The van der Waals surface area contributed by atoms with Gasteiger partial charge in [0.2, 0.25) is 0 Å². The van der Waals surface area contributed by atoms with Crippen LogP contribution in [0.3, 0.4) is 0 Å². The van der Waals surface area contributed by atoms with E-state index in [0.29, 0.717) is 6.54 Å². The predicted octanol–water partition coefficient (Wildman–Crippen LogP) is 2.92. The summed E-state index contributed by atoms with van der Waals surface area (Å²) in [6.45, 7) is 16.7. The van der Waals surface area contributed by atoms with Gasteiger partial charge in [0.1, 0.15) is 6.61 Å². The molecule has 0 saturated carbocycles. The van der Waals surface area contributed by atoms with Crippen molar-refractivity contribution < 1.29 is 19.1 Å². The predicted molar refractivity (Wildman–Crippen MR) is 87.9 cm³/mol. The van der Waals surface area contributed by atoms with E-state index < -0.39 is 14.4 Å². The van der Waals surface area contributed by atoms with Crippen LogP contribution < -0.4 is 5.32 Å². The lowest BCUT2D eigenvalue weighted by molar-refractivity contribution is 0.0852. The summed E-state index contributed by atoms with van der Waals surface area (Å²) in [6.07, 6.45) is 0.871. The van der Waals surface area contributed by atoms with Gasteiger partial charge < -0.3 is 19.6 Å². The Kier molecular flexibility index (Phi) is 8.21. The summed E-state index contributed by atoms with van der Waals surface area (Å²) in [5.41, 5.74) is 0. The number of aliphatic hydroxyl groups is 1. The summed E-state index contributed by atoms with van der Waals surface area (Å²) in [6, 6.07) is 0. The van der Waals surface area contributed by atoms with Gasteiger partial charge >= 0.3 is 6.09 Å². The third kappa shape index (κ3) is 7.11. The Labute approximate surface area is 129 Å². The molecule has 0 bridgehead atoms. The summed E-state index contributed by atoms with van der Waals surface area (Å²) < 4.78 is 11.1. The highest BCUT2D eigenvalue weighted by Gasteiger charge is 2.39. The van der Waals surface area contributed by atoms with Gasteiger partial charge in [0.15, 0.2) is 8.32 Å². The monoisotopic (exact) mass is 317 g/mol. The first-order valence-corrected chi connectivity index (χ1v) is 10.3. The zero-order chi connectivity index (χ0) is 16.7. The van der Waals surface area contributed by atoms with Gasteiger partial charge in [-0.2, -0.15) is 0 Å². The van der Waals surface area contributed by atoms with Crippen molar-refractivity contribution in [1.82, 2.24) is 5.32 Å². The first kappa shape index (κ1) is 20.1. The number of aliphatic hydroxyl groups excluding tert-OH is 1. The van der Waals surface area contributed by atoms with Crippen LogP contribution in [0.2, 0.25) is 18.1 Å². The van der Waals surface area contributed by atoms with E-state index in [2.05, 4.69) is 45.8 Å². The lowest BCUT2D eigenvalue weighted by Gasteiger charge is -2.40. The minimum Gasteiger partial charge on any atom is -0.445 e. The summed E-state index contributed by atoms with van der Waals surface area (Å²) in [7, 11) is -1.89. The minimum atomic E-state index is -1.89. The Balaban J connectivity index is 4.46. The fourth-order valence-electron chi connectivity index (χ4n) is 1.52. The van der Waals surface area contributed by atoms with Gasteiger partial charge in [-0.15, -0.1) is 0 Å². The van der Waals surface area contributed by atoms with Crippen LogP contribution in [0.15, 0.2) is 12.7 Å². The van der Waals surface area contributed by atoms with Crippen LogP contribution in [0.4, 0.5) is 4.79 Å². The van der Waals surface area contributed by atoms with Gasteiger partial charge in [0.05, 0.1) is 0 Å². The van der Waals surface area contributed by atoms with Gasteiger partial charge in [-0.25, -0.2) is 4.79 Å². The van der Waals surface area contributed by atoms with Crippen molar-refractivity contribution in [3.8, 4) is 0 Å². The standard InChI is InChI=1S/C15H31NO4Si/c1-8-9-19-14(18)16-10-13(11-17)12(2)20-21(6,7)15(3,4)5/h8,12-13,17H,1,9-11H2,2-7H3,(H,16,18). The maximum atomic E-state index is 11.4. The Hall–Kier alpha value is -0.853. The van der Waals surface area contributed by atoms with Crippen LogP contribution in [-0.2, 0) is 9.16 Å². The third-order valence-electron chi connectivity index (χ3n) is 4.03. The number of ether oxygens (including phenoxy) is 1. The molecular weight excluding hydrogens is 286 g/mol. The van der Waals surface area contributed by atoms with E-state index in [0.717, 1.165) is 0 Å². The van der Waals surface area contributed by atoms with Gasteiger partial charge in [0, 0.05) is 25.2 Å². The van der Waals surface area contributed by atoms with Crippen LogP contribution in [0.25, 0.3) is 0 Å². The topological polar surface area (TPSA) is 67.8 Å². The molecular formula is C15H31NO4Si. The molecule has 0 aromatic rings. The maximum Gasteiger partial charge on any atom is 0.407 e. The molecule has 6 heteroatoms. The zero-order valence-electron chi connectivity index (χ0n) is 14.2. The van der Waals surface area contributed by atoms with Crippen molar-refractivity contribution in [2.45, 2.75) is 51.9 Å². The molecule has 0 fully saturated rings. The number of carbonyl (C=O) groups excluding carboxylic acids is 1. The molecule has 0 aliphatic rings. The SMILES string of the molecule is C=CCOC(=O)NCC(CO)C(C)O[Si](C)(C)C(C)(C)C. The van der Waals surface area contributed by atoms with E-state index >= 15 is 0 Å². The summed E-state index contributed by atoms with van der Waals surface area (Å²) in [4.78, 5) is 11.4. The van der Waals surface area contributed by atoms with E-state index in [1.807, 2.05) is 6.92 Å². The number of amides is 1. The Morgan fingerprint density at radius 1 is 1.43 bits per heavy atom. The van der Waals surface area contributed by atoms with Crippen molar-refractivity contribution >= 4 is 14.4 Å². The maximum absolute atomic E-state index is 11.4. The molecule has 1 amide bonds. The first-order chi connectivity index (χ1) is 9.55. The van der Waals surface area contributed by atoms with Crippen LogP contribution in [0, 0.1) is 5.92 Å². The average Bonchev–Trinajstić information content (AvgIpc) is 2.35. The molecule has 0 radical (unpaired) electrons. The highest BCUT2D eigenvalue weighted by molar-refractivity contribution is 6.74.